The summed E-state index contributed by atoms with van der Waals surface area (Å²) in [5.74, 6) is 0. The SMILES string of the molecule is O=C(NC=C1CCOCC1)NCCc1cccc(Br)c1. The van der Waals surface area contributed by atoms with Gasteiger partial charge in [0.25, 0.3) is 0 Å². The van der Waals surface area contributed by atoms with E-state index in [9.17, 15) is 4.79 Å². The Morgan fingerprint density at radius 2 is 2.15 bits per heavy atom. The van der Waals surface area contributed by atoms with Gasteiger partial charge in [0.1, 0.15) is 0 Å². The number of urea groups is 1. The van der Waals surface area contributed by atoms with Crippen LogP contribution in [0.5, 0.6) is 0 Å². The lowest BCUT2D eigenvalue weighted by molar-refractivity contribution is 0.119. The van der Waals surface area contributed by atoms with Gasteiger partial charge in [0, 0.05) is 17.2 Å². The Morgan fingerprint density at radius 3 is 2.90 bits per heavy atom. The fraction of sp³-hybridized carbons (Fsp3) is 0.400. The zero-order valence-corrected chi connectivity index (χ0v) is 12.9. The summed E-state index contributed by atoms with van der Waals surface area (Å²) in [5.41, 5.74) is 2.43. The first-order chi connectivity index (χ1) is 9.74. The van der Waals surface area contributed by atoms with Crippen LogP contribution in [0.15, 0.2) is 40.5 Å². The fourth-order valence-corrected chi connectivity index (χ4v) is 2.46. The molecule has 0 spiro atoms. The van der Waals surface area contributed by atoms with Gasteiger partial charge >= 0.3 is 6.03 Å². The molecule has 1 aromatic rings. The molecule has 1 aromatic carbocycles. The number of rotatable bonds is 4. The number of benzene rings is 1. The van der Waals surface area contributed by atoms with Crippen LogP contribution in [-0.4, -0.2) is 25.8 Å². The lowest BCUT2D eigenvalue weighted by Crippen LogP contribution is -2.34. The largest absolute Gasteiger partial charge is 0.381 e. The maximum atomic E-state index is 11.6. The van der Waals surface area contributed by atoms with Gasteiger partial charge in [-0.1, -0.05) is 28.1 Å². The van der Waals surface area contributed by atoms with Crippen molar-refractivity contribution in [1.29, 1.82) is 0 Å². The van der Waals surface area contributed by atoms with Crippen molar-refractivity contribution in [1.82, 2.24) is 10.6 Å². The number of amides is 2. The Morgan fingerprint density at radius 1 is 1.35 bits per heavy atom. The molecular formula is C15H19BrN2O2. The smallest absolute Gasteiger partial charge is 0.318 e. The van der Waals surface area contributed by atoms with E-state index in [2.05, 4.69) is 32.6 Å². The summed E-state index contributed by atoms with van der Waals surface area (Å²) in [7, 11) is 0. The average Bonchev–Trinajstić information content (AvgIpc) is 2.46. The van der Waals surface area contributed by atoms with Crippen molar-refractivity contribution in [2.75, 3.05) is 19.8 Å². The predicted molar refractivity (Wildman–Crippen MR) is 82.5 cm³/mol. The second-order valence-electron chi connectivity index (χ2n) is 4.70. The number of halogens is 1. The summed E-state index contributed by atoms with van der Waals surface area (Å²) in [6, 6.07) is 7.94. The average molecular weight is 339 g/mol. The second kappa shape index (κ2) is 8.07. The molecule has 2 N–H and O–H groups in total. The molecular weight excluding hydrogens is 320 g/mol. The highest BCUT2D eigenvalue weighted by atomic mass is 79.9. The topological polar surface area (TPSA) is 50.4 Å². The maximum Gasteiger partial charge on any atom is 0.318 e. The van der Waals surface area contributed by atoms with Gasteiger partial charge in [-0.15, -0.1) is 0 Å². The predicted octanol–water partition coefficient (Wildman–Crippen LogP) is 2.99. The van der Waals surface area contributed by atoms with Crippen molar-refractivity contribution in [3.63, 3.8) is 0 Å². The van der Waals surface area contributed by atoms with E-state index in [0.29, 0.717) is 6.54 Å². The quantitative estimate of drug-likeness (QED) is 0.886. The Hall–Kier alpha value is -1.33. The first-order valence-electron chi connectivity index (χ1n) is 6.78. The van der Waals surface area contributed by atoms with Crippen molar-refractivity contribution in [2.45, 2.75) is 19.3 Å². The van der Waals surface area contributed by atoms with Gasteiger partial charge in [-0.2, -0.15) is 0 Å². The maximum absolute atomic E-state index is 11.6. The molecule has 1 heterocycles. The van der Waals surface area contributed by atoms with Gasteiger partial charge in [0.05, 0.1) is 13.2 Å². The van der Waals surface area contributed by atoms with Crippen LogP contribution in [0.2, 0.25) is 0 Å². The van der Waals surface area contributed by atoms with E-state index < -0.39 is 0 Å². The number of carbonyl (C=O) groups excluding carboxylic acids is 1. The summed E-state index contributed by atoms with van der Waals surface area (Å²) in [6.07, 6.45) is 4.42. The minimum absolute atomic E-state index is 0.154. The summed E-state index contributed by atoms with van der Waals surface area (Å²) in [6.45, 7) is 2.12. The number of carbonyl (C=O) groups is 1. The van der Waals surface area contributed by atoms with Gasteiger partial charge in [-0.05, 0) is 42.5 Å². The first-order valence-corrected chi connectivity index (χ1v) is 7.58. The molecule has 5 heteroatoms. The molecule has 0 bridgehead atoms. The van der Waals surface area contributed by atoms with Gasteiger partial charge in [0.2, 0.25) is 0 Å². The third-order valence-electron chi connectivity index (χ3n) is 3.13. The molecule has 2 rings (SSSR count). The zero-order chi connectivity index (χ0) is 14.2. The Bertz CT molecular complexity index is 481. The van der Waals surface area contributed by atoms with Crippen molar-refractivity contribution < 1.29 is 9.53 Å². The van der Waals surface area contributed by atoms with Crippen LogP contribution in [0.4, 0.5) is 4.79 Å². The van der Waals surface area contributed by atoms with Crippen LogP contribution in [0.3, 0.4) is 0 Å². The molecule has 2 amide bonds. The minimum Gasteiger partial charge on any atom is -0.381 e. The molecule has 1 aliphatic heterocycles. The molecule has 1 aliphatic rings. The number of ether oxygens (including phenoxy) is 1. The highest BCUT2D eigenvalue weighted by Crippen LogP contribution is 2.12. The standard InChI is InChI=1S/C15H19BrN2O2/c16-14-3-1-2-12(10-14)4-7-17-15(19)18-11-13-5-8-20-9-6-13/h1-3,10-11H,4-9H2,(H2,17,18,19). The molecule has 4 nitrogen and oxygen atoms in total. The van der Waals surface area contributed by atoms with Crippen molar-refractivity contribution in [3.05, 3.63) is 46.1 Å². The van der Waals surface area contributed by atoms with Crippen LogP contribution < -0.4 is 10.6 Å². The van der Waals surface area contributed by atoms with Crippen molar-refractivity contribution in [3.8, 4) is 0 Å². The summed E-state index contributed by atoms with van der Waals surface area (Å²) >= 11 is 3.43. The molecule has 20 heavy (non-hydrogen) atoms. The lowest BCUT2D eigenvalue weighted by Gasteiger charge is -2.14. The molecule has 0 saturated carbocycles. The Labute approximate surface area is 127 Å². The molecule has 108 valence electrons. The van der Waals surface area contributed by atoms with Crippen LogP contribution in [0.1, 0.15) is 18.4 Å². The summed E-state index contributed by atoms with van der Waals surface area (Å²) in [4.78, 5) is 11.6. The molecule has 0 aliphatic carbocycles. The van der Waals surface area contributed by atoms with Gasteiger partial charge < -0.3 is 15.4 Å². The number of nitrogens with one attached hydrogen (secondary N) is 2. The van der Waals surface area contributed by atoms with Crippen LogP contribution >= 0.6 is 15.9 Å². The third-order valence-corrected chi connectivity index (χ3v) is 3.62. The summed E-state index contributed by atoms with van der Waals surface area (Å²) in [5, 5.41) is 5.62. The van der Waals surface area contributed by atoms with E-state index in [0.717, 1.165) is 36.9 Å². The highest BCUT2D eigenvalue weighted by Gasteiger charge is 2.05. The molecule has 0 aromatic heterocycles. The van der Waals surface area contributed by atoms with Gasteiger partial charge in [-0.25, -0.2) is 4.79 Å². The van der Waals surface area contributed by atoms with Crippen molar-refractivity contribution in [2.24, 2.45) is 0 Å². The van der Waals surface area contributed by atoms with E-state index >= 15 is 0 Å². The van der Waals surface area contributed by atoms with E-state index in [1.54, 1.807) is 6.20 Å². The molecule has 0 unspecified atom stereocenters. The van der Waals surface area contributed by atoms with E-state index in [-0.39, 0.29) is 6.03 Å². The van der Waals surface area contributed by atoms with Gasteiger partial charge in [-0.3, -0.25) is 0 Å². The minimum atomic E-state index is -0.154. The van der Waals surface area contributed by atoms with Crippen LogP contribution in [0, 0.1) is 0 Å². The molecule has 1 saturated heterocycles. The highest BCUT2D eigenvalue weighted by molar-refractivity contribution is 9.10. The number of hydrogen-bond donors (Lipinski definition) is 2. The van der Waals surface area contributed by atoms with E-state index in [1.807, 2.05) is 18.2 Å². The second-order valence-corrected chi connectivity index (χ2v) is 5.61. The van der Waals surface area contributed by atoms with E-state index in [1.165, 1.54) is 11.1 Å². The normalized spacial score (nSPS) is 14.8. The van der Waals surface area contributed by atoms with E-state index in [4.69, 9.17) is 4.74 Å². The first kappa shape index (κ1) is 15.1. The van der Waals surface area contributed by atoms with Gasteiger partial charge in [0.15, 0.2) is 0 Å². The monoisotopic (exact) mass is 338 g/mol. The van der Waals surface area contributed by atoms with Crippen LogP contribution in [0.25, 0.3) is 0 Å². The molecule has 0 radical (unpaired) electrons. The fourth-order valence-electron chi connectivity index (χ4n) is 2.01. The zero-order valence-electron chi connectivity index (χ0n) is 11.3. The Balaban J connectivity index is 1.67. The lowest BCUT2D eigenvalue weighted by atomic mass is 10.1. The molecule has 1 fully saturated rings. The Kier molecular flexibility index (Phi) is 6.08. The number of hydrogen-bond acceptors (Lipinski definition) is 2. The molecule has 0 atom stereocenters. The van der Waals surface area contributed by atoms with Crippen molar-refractivity contribution >= 4 is 22.0 Å². The third kappa shape index (κ3) is 5.35. The van der Waals surface area contributed by atoms with Crippen LogP contribution in [-0.2, 0) is 11.2 Å². The summed E-state index contributed by atoms with van der Waals surface area (Å²) < 4.78 is 6.32.